The van der Waals surface area contributed by atoms with Gasteiger partial charge < -0.3 is 15.2 Å². The molecule has 0 saturated carbocycles. The van der Waals surface area contributed by atoms with Gasteiger partial charge in [-0.3, -0.25) is 4.79 Å². The van der Waals surface area contributed by atoms with Gasteiger partial charge in [0, 0.05) is 17.7 Å². The first kappa shape index (κ1) is 15.5. The zero-order valence-electron chi connectivity index (χ0n) is 13.2. The number of nitrogens with one attached hydrogen (secondary N) is 1. The molecule has 0 radical (unpaired) electrons. The Balaban J connectivity index is 1.89. The minimum Gasteiger partial charge on any atom is -0.389 e. The Hall–Kier alpha value is -1.39. The molecule has 22 heavy (non-hydrogen) atoms. The van der Waals surface area contributed by atoms with Crippen molar-refractivity contribution in [3.8, 4) is 0 Å². The number of carbonyl (C=O) groups excluding carboxylic acids is 1. The molecule has 1 aliphatic carbocycles. The summed E-state index contributed by atoms with van der Waals surface area (Å²) < 4.78 is 5.93. The van der Waals surface area contributed by atoms with Crippen LogP contribution in [0.2, 0.25) is 0 Å². The average molecular weight is 303 g/mol. The number of allylic oxidation sites excluding steroid dienone is 2. The summed E-state index contributed by atoms with van der Waals surface area (Å²) in [7, 11) is 0. The number of ether oxygens (including phenoxy) is 1. The van der Waals surface area contributed by atoms with Gasteiger partial charge in [0.2, 0.25) is 0 Å². The summed E-state index contributed by atoms with van der Waals surface area (Å²) in [6.45, 7) is 6.28. The van der Waals surface area contributed by atoms with Crippen molar-refractivity contribution in [1.82, 2.24) is 5.32 Å². The third-order valence-electron chi connectivity index (χ3n) is 5.07. The lowest BCUT2D eigenvalue weighted by Gasteiger charge is -2.42. The molecule has 0 bridgehead atoms. The molecule has 3 rings (SSSR count). The molecule has 0 aromatic carbocycles. The Labute approximate surface area is 131 Å². The molecule has 1 fully saturated rings. The monoisotopic (exact) mass is 303 g/mol. The highest BCUT2D eigenvalue weighted by Crippen LogP contribution is 2.46. The summed E-state index contributed by atoms with van der Waals surface area (Å²) in [5.74, 6) is 0.358. The van der Waals surface area contributed by atoms with Crippen LogP contribution in [0.15, 0.2) is 36.1 Å². The predicted molar refractivity (Wildman–Crippen MR) is 85.0 cm³/mol. The number of amides is 1. The van der Waals surface area contributed by atoms with Gasteiger partial charge in [0.15, 0.2) is 5.60 Å². The molecule has 1 spiro atoms. The molecule has 2 N–H and O–H groups in total. The number of carbonyl (C=O) groups is 1. The highest BCUT2D eigenvalue weighted by molar-refractivity contribution is 5.95. The van der Waals surface area contributed by atoms with E-state index in [4.69, 9.17) is 4.74 Å². The van der Waals surface area contributed by atoms with Crippen molar-refractivity contribution in [1.29, 1.82) is 0 Å². The van der Waals surface area contributed by atoms with Crippen LogP contribution in [0.3, 0.4) is 0 Å². The van der Waals surface area contributed by atoms with Crippen LogP contribution in [0.5, 0.6) is 0 Å². The molecule has 0 aromatic rings. The molecule has 1 saturated heterocycles. The van der Waals surface area contributed by atoms with Gasteiger partial charge in [-0.15, -0.1) is 6.58 Å². The van der Waals surface area contributed by atoms with Gasteiger partial charge >= 0.3 is 0 Å². The molecule has 120 valence electrons. The van der Waals surface area contributed by atoms with E-state index in [-0.39, 0.29) is 5.91 Å². The van der Waals surface area contributed by atoms with Crippen molar-refractivity contribution < 1.29 is 14.6 Å². The van der Waals surface area contributed by atoms with Crippen LogP contribution in [0.4, 0.5) is 0 Å². The molecule has 1 amide bonds. The van der Waals surface area contributed by atoms with E-state index in [2.05, 4.69) is 24.9 Å². The topological polar surface area (TPSA) is 58.6 Å². The molecular formula is C18H25NO3. The molecule has 4 nitrogen and oxygen atoms in total. The summed E-state index contributed by atoms with van der Waals surface area (Å²) >= 11 is 0. The van der Waals surface area contributed by atoms with Crippen LogP contribution in [-0.2, 0) is 9.53 Å². The first-order valence-corrected chi connectivity index (χ1v) is 8.23. The van der Waals surface area contributed by atoms with Crippen molar-refractivity contribution in [2.24, 2.45) is 5.92 Å². The Kier molecular flexibility index (Phi) is 4.00. The Morgan fingerprint density at radius 1 is 1.59 bits per heavy atom. The maximum Gasteiger partial charge on any atom is 0.261 e. The van der Waals surface area contributed by atoms with Crippen LogP contribution < -0.4 is 5.32 Å². The second kappa shape index (κ2) is 5.67. The standard InChI is InChI=1S/C18H25NO3/c1-3-5-13-6-7-14-15(11-13)19-16(20)18(14)12-17(21,8-4-2)9-10-22-18/h4,6-7,13,21H,2-3,5,8-12H2,1H3,(H,19,20)/t13?,17-,18+/m1/s1. The van der Waals surface area contributed by atoms with E-state index in [1.54, 1.807) is 6.08 Å². The highest BCUT2D eigenvalue weighted by Gasteiger charge is 2.55. The van der Waals surface area contributed by atoms with Gasteiger partial charge in [0.1, 0.15) is 0 Å². The summed E-state index contributed by atoms with van der Waals surface area (Å²) in [4.78, 5) is 12.6. The summed E-state index contributed by atoms with van der Waals surface area (Å²) in [5.41, 5.74) is -0.0201. The lowest BCUT2D eigenvalue weighted by atomic mass is 9.75. The zero-order valence-corrected chi connectivity index (χ0v) is 13.2. The number of hydrogen-bond acceptors (Lipinski definition) is 3. The van der Waals surface area contributed by atoms with E-state index < -0.39 is 11.2 Å². The summed E-state index contributed by atoms with van der Waals surface area (Å²) in [5, 5.41) is 13.8. The predicted octanol–water partition coefficient (Wildman–Crippen LogP) is 2.60. The van der Waals surface area contributed by atoms with Crippen LogP contribution in [0.1, 0.15) is 45.4 Å². The van der Waals surface area contributed by atoms with Gasteiger partial charge in [-0.2, -0.15) is 0 Å². The first-order valence-electron chi connectivity index (χ1n) is 8.23. The van der Waals surface area contributed by atoms with Crippen LogP contribution >= 0.6 is 0 Å². The van der Waals surface area contributed by atoms with Crippen molar-refractivity contribution >= 4 is 5.91 Å². The normalized spacial score (nSPS) is 37.4. The average Bonchev–Trinajstić information content (AvgIpc) is 2.71. The van der Waals surface area contributed by atoms with Crippen LogP contribution in [0, 0.1) is 5.92 Å². The molecule has 3 atom stereocenters. The minimum absolute atomic E-state index is 0.124. The molecule has 2 heterocycles. The first-order chi connectivity index (χ1) is 10.5. The summed E-state index contributed by atoms with van der Waals surface area (Å²) in [6.07, 6.45) is 10.4. The fourth-order valence-electron chi connectivity index (χ4n) is 3.98. The van der Waals surface area contributed by atoms with Crippen molar-refractivity contribution in [2.75, 3.05) is 6.61 Å². The second-order valence-electron chi connectivity index (χ2n) is 6.78. The van der Waals surface area contributed by atoms with Crippen molar-refractivity contribution in [3.63, 3.8) is 0 Å². The van der Waals surface area contributed by atoms with Gasteiger partial charge in [-0.1, -0.05) is 31.6 Å². The Morgan fingerprint density at radius 3 is 3.14 bits per heavy atom. The number of hydrogen-bond donors (Lipinski definition) is 2. The van der Waals surface area contributed by atoms with Gasteiger partial charge in [0.25, 0.3) is 5.91 Å². The quantitative estimate of drug-likeness (QED) is 0.785. The van der Waals surface area contributed by atoms with Gasteiger partial charge in [-0.25, -0.2) is 0 Å². The lowest BCUT2D eigenvalue weighted by Crippen LogP contribution is -2.54. The molecule has 4 heteroatoms. The van der Waals surface area contributed by atoms with E-state index in [1.807, 2.05) is 6.08 Å². The van der Waals surface area contributed by atoms with Crippen LogP contribution in [-0.4, -0.2) is 28.8 Å². The smallest absolute Gasteiger partial charge is 0.261 e. The minimum atomic E-state index is -1.01. The highest BCUT2D eigenvalue weighted by atomic mass is 16.5. The molecule has 0 aromatic heterocycles. The third-order valence-corrected chi connectivity index (χ3v) is 5.07. The third kappa shape index (κ3) is 2.44. The van der Waals surface area contributed by atoms with Crippen LogP contribution in [0.25, 0.3) is 0 Å². The Morgan fingerprint density at radius 2 is 2.41 bits per heavy atom. The fraction of sp³-hybridized carbons (Fsp3) is 0.611. The van der Waals surface area contributed by atoms with E-state index in [0.29, 0.717) is 31.8 Å². The van der Waals surface area contributed by atoms with E-state index in [0.717, 1.165) is 30.5 Å². The molecule has 2 aliphatic heterocycles. The van der Waals surface area contributed by atoms with Crippen molar-refractivity contribution in [2.45, 2.75) is 56.7 Å². The van der Waals surface area contributed by atoms with Gasteiger partial charge in [0.05, 0.1) is 12.2 Å². The number of rotatable bonds is 4. The molecular weight excluding hydrogens is 278 g/mol. The SMILES string of the molecule is C=CC[C@@]1(O)CCO[C@]2(C1)C(=O)NC1=C2C=CC(CCC)C1. The largest absolute Gasteiger partial charge is 0.389 e. The number of fused-ring (bicyclic) bond motifs is 1. The van der Waals surface area contributed by atoms with E-state index in [1.165, 1.54) is 0 Å². The molecule has 3 aliphatic rings. The molecule has 1 unspecified atom stereocenters. The van der Waals surface area contributed by atoms with Crippen molar-refractivity contribution in [3.05, 3.63) is 36.1 Å². The van der Waals surface area contributed by atoms with E-state index in [9.17, 15) is 9.90 Å². The fourth-order valence-corrected chi connectivity index (χ4v) is 3.98. The van der Waals surface area contributed by atoms with E-state index >= 15 is 0 Å². The number of aliphatic hydroxyl groups is 1. The summed E-state index contributed by atoms with van der Waals surface area (Å²) in [6, 6.07) is 0. The maximum atomic E-state index is 12.6. The second-order valence-corrected chi connectivity index (χ2v) is 6.78. The lowest BCUT2D eigenvalue weighted by molar-refractivity contribution is -0.164. The maximum absolute atomic E-state index is 12.6. The van der Waals surface area contributed by atoms with Gasteiger partial charge in [-0.05, 0) is 31.6 Å². The Bertz CT molecular complexity index is 551. The zero-order chi connectivity index (χ0) is 15.8.